The van der Waals surface area contributed by atoms with Crippen LogP contribution in [0.5, 0.6) is 5.75 Å². The van der Waals surface area contributed by atoms with E-state index in [2.05, 4.69) is 27.7 Å². The van der Waals surface area contributed by atoms with Crippen LogP contribution in [0, 0.1) is 0 Å². The van der Waals surface area contributed by atoms with Gasteiger partial charge in [-0.15, -0.1) is 0 Å². The summed E-state index contributed by atoms with van der Waals surface area (Å²) in [6, 6.07) is 3.68. The van der Waals surface area contributed by atoms with E-state index in [9.17, 15) is 10.0 Å². The van der Waals surface area contributed by atoms with E-state index in [-0.39, 0.29) is 5.41 Å². The lowest BCUT2D eigenvalue weighted by Crippen LogP contribution is -2.31. The van der Waals surface area contributed by atoms with Crippen LogP contribution in [0.1, 0.15) is 44.7 Å². The summed E-state index contributed by atoms with van der Waals surface area (Å²) in [5.41, 5.74) is 2.61. The predicted octanol–water partition coefficient (Wildman–Crippen LogP) is 1.16. The molecule has 0 radical (unpaired) electrons. The van der Waals surface area contributed by atoms with E-state index in [0.717, 1.165) is 16.9 Å². The molecule has 0 saturated carbocycles. The van der Waals surface area contributed by atoms with Gasteiger partial charge < -0.3 is 14.8 Å². The topological polar surface area (TPSA) is 49.7 Å². The van der Waals surface area contributed by atoms with Crippen molar-refractivity contribution in [3.05, 3.63) is 23.3 Å². The van der Waals surface area contributed by atoms with Crippen molar-refractivity contribution >= 4 is 12.6 Å². The molecule has 92 valence electrons. The molecule has 0 aliphatic carbocycles. The second-order valence-electron chi connectivity index (χ2n) is 5.69. The highest BCUT2D eigenvalue weighted by Crippen LogP contribution is 2.42. The third kappa shape index (κ3) is 2.07. The third-order valence-corrected chi connectivity index (χ3v) is 3.37. The molecule has 0 atom stereocenters. The molecule has 0 unspecified atom stereocenters. The summed E-state index contributed by atoms with van der Waals surface area (Å²) in [5, 5.41) is 18.7. The molecule has 0 fully saturated rings. The Morgan fingerprint density at radius 3 is 2.47 bits per heavy atom. The molecule has 2 N–H and O–H groups in total. The zero-order chi connectivity index (χ0) is 12.8. The Balaban J connectivity index is 2.63. The Labute approximate surface area is 103 Å². The van der Waals surface area contributed by atoms with Gasteiger partial charge in [0.1, 0.15) is 5.75 Å². The van der Waals surface area contributed by atoms with Crippen LogP contribution < -0.4 is 10.2 Å². The van der Waals surface area contributed by atoms with Crippen LogP contribution in [0.3, 0.4) is 0 Å². The van der Waals surface area contributed by atoms with Gasteiger partial charge in [-0.1, -0.05) is 39.8 Å². The highest BCUT2D eigenvalue weighted by atomic mass is 16.5. The number of hydrogen-bond donors (Lipinski definition) is 2. The van der Waals surface area contributed by atoms with Gasteiger partial charge in [0.2, 0.25) is 0 Å². The van der Waals surface area contributed by atoms with Crippen molar-refractivity contribution in [2.45, 2.75) is 39.0 Å². The molecule has 1 heterocycles. The minimum absolute atomic E-state index is 0.0656. The molecular formula is C13H19BO3. The molecule has 0 aromatic heterocycles. The van der Waals surface area contributed by atoms with Crippen molar-refractivity contribution in [3.8, 4) is 5.75 Å². The summed E-state index contributed by atoms with van der Waals surface area (Å²) in [6.07, 6.45) is 0. The second kappa shape index (κ2) is 4.04. The Morgan fingerprint density at radius 2 is 1.94 bits per heavy atom. The zero-order valence-corrected chi connectivity index (χ0v) is 10.8. The molecule has 1 aliphatic rings. The van der Waals surface area contributed by atoms with Crippen molar-refractivity contribution in [3.63, 3.8) is 0 Å². The largest absolute Gasteiger partial charge is 0.492 e. The molecule has 3 nitrogen and oxygen atoms in total. The van der Waals surface area contributed by atoms with Crippen molar-refractivity contribution in [2.24, 2.45) is 0 Å². The average molecular weight is 234 g/mol. The highest BCUT2D eigenvalue weighted by Gasteiger charge is 2.35. The molecular weight excluding hydrogens is 215 g/mol. The van der Waals surface area contributed by atoms with E-state index in [4.69, 9.17) is 4.74 Å². The summed E-state index contributed by atoms with van der Waals surface area (Å²) < 4.78 is 5.78. The fraction of sp³-hybridized carbons (Fsp3) is 0.538. The summed E-state index contributed by atoms with van der Waals surface area (Å²) in [6.45, 7) is 9.02. The van der Waals surface area contributed by atoms with Gasteiger partial charge in [-0.3, -0.25) is 0 Å². The van der Waals surface area contributed by atoms with E-state index < -0.39 is 7.12 Å². The first-order chi connectivity index (χ1) is 7.83. The fourth-order valence-corrected chi connectivity index (χ4v) is 2.25. The molecule has 4 heteroatoms. The lowest BCUT2D eigenvalue weighted by Gasteiger charge is -2.18. The van der Waals surface area contributed by atoms with E-state index >= 15 is 0 Å². The van der Waals surface area contributed by atoms with E-state index in [1.165, 1.54) is 0 Å². The van der Waals surface area contributed by atoms with Crippen molar-refractivity contribution in [1.82, 2.24) is 0 Å². The van der Waals surface area contributed by atoms with Crippen LogP contribution in [-0.4, -0.2) is 23.8 Å². The van der Waals surface area contributed by atoms with E-state index in [1.54, 1.807) is 0 Å². The van der Waals surface area contributed by atoms with Gasteiger partial charge in [0.25, 0.3) is 0 Å². The first kappa shape index (κ1) is 12.5. The molecule has 0 amide bonds. The molecule has 1 aromatic rings. The minimum atomic E-state index is -1.42. The van der Waals surface area contributed by atoms with Gasteiger partial charge in [0, 0.05) is 11.0 Å². The van der Waals surface area contributed by atoms with Gasteiger partial charge in [0.05, 0.1) is 6.61 Å². The maximum atomic E-state index is 9.35. The van der Waals surface area contributed by atoms with Gasteiger partial charge in [0.15, 0.2) is 0 Å². The van der Waals surface area contributed by atoms with Crippen molar-refractivity contribution in [2.75, 3.05) is 6.61 Å². The number of benzene rings is 1. The lowest BCUT2D eigenvalue weighted by atomic mass is 9.74. The third-order valence-electron chi connectivity index (χ3n) is 3.37. The first-order valence-electron chi connectivity index (χ1n) is 6.00. The summed E-state index contributed by atoms with van der Waals surface area (Å²) in [5.74, 6) is 1.23. The lowest BCUT2D eigenvalue weighted by molar-refractivity contribution is 0.288. The standard InChI is InChI=1S/C13H19BO3/c1-8(2)10-5-9(14(15)16)6-11-12(10)17-7-13(11,3)4/h5-6,8,15-16H,7H2,1-4H3. The molecule has 0 saturated heterocycles. The second-order valence-corrected chi connectivity index (χ2v) is 5.69. The molecule has 0 bridgehead atoms. The number of hydrogen-bond acceptors (Lipinski definition) is 3. The smallest absolute Gasteiger partial charge is 0.488 e. The number of fused-ring (bicyclic) bond motifs is 1. The predicted molar refractivity (Wildman–Crippen MR) is 68.9 cm³/mol. The molecule has 1 aromatic carbocycles. The Kier molecular flexibility index (Phi) is 2.96. The normalized spacial score (nSPS) is 16.9. The van der Waals surface area contributed by atoms with Gasteiger partial charge in [-0.05, 0) is 16.9 Å². The Morgan fingerprint density at radius 1 is 1.29 bits per heavy atom. The highest BCUT2D eigenvalue weighted by molar-refractivity contribution is 6.58. The molecule has 2 rings (SSSR count). The van der Waals surface area contributed by atoms with Crippen molar-refractivity contribution in [1.29, 1.82) is 0 Å². The summed E-state index contributed by atoms with van der Waals surface area (Å²) in [7, 11) is -1.42. The van der Waals surface area contributed by atoms with Crippen LogP contribution in [0.4, 0.5) is 0 Å². The number of rotatable bonds is 2. The number of ether oxygens (including phenoxy) is 1. The minimum Gasteiger partial charge on any atom is -0.492 e. The van der Waals surface area contributed by atoms with Crippen LogP contribution in [-0.2, 0) is 5.41 Å². The van der Waals surface area contributed by atoms with Gasteiger partial charge in [-0.25, -0.2) is 0 Å². The quantitative estimate of drug-likeness (QED) is 0.755. The monoisotopic (exact) mass is 234 g/mol. The zero-order valence-electron chi connectivity index (χ0n) is 10.8. The Hall–Kier alpha value is -0.995. The van der Waals surface area contributed by atoms with Crippen molar-refractivity contribution < 1.29 is 14.8 Å². The molecule has 0 spiro atoms. The van der Waals surface area contributed by atoms with Crippen LogP contribution in [0.15, 0.2) is 12.1 Å². The maximum absolute atomic E-state index is 9.35. The summed E-state index contributed by atoms with van der Waals surface area (Å²) in [4.78, 5) is 0. The van der Waals surface area contributed by atoms with Crippen LogP contribution in [0.25, 0.3) is 0 Å². The van der Waals surface area contributed by atoms with E-state index in [0.29, 0.717) is 18.0 Å². The van der Waals surface area contributed by atoms with E-state index in [1.807, 2.05) is 12.1 Å². The summed E-state index contributed by atoms with van der Waals surface area (Å²) >= 11 is 0. The fourth-order valence-electron chi connectivity index (χ4n) is 2.25. The Bertz CT molecular complexity index is 439. The molecule has 1 aliphatic heterocycles. The van der Waals surface area contributed by atoms with Crippen LogP contribution >= 0.6 is 0 Å². The van der Waals surface area contributed by atoms with Crippen LogP contribution in [0.2, 0.25) is 0 Å². The van der Waals surface area contributed by atoms with Gasteiger partial charge >= 0.3 is 7.12 Å². The average Bonchev–Trinajstić information content (AvgIpc) is 2.53. The SMILES string of the molecule is CC(C)c1cc(B(O)O)cc2c1OCC2(C)C. The molecule has 17 heavy (non-hydrogen) atoms. The maximum Gasteiger partial charge on any atom is 0.488 e. The van der Waals surface area contributed by atoms with Gasteiger partial charge in [-0.2, -0.15) is 0 Å². The first-order valence-corrected chi connectivity index (χ1v) is 6.00.